The molecule has 0 radical (unpaired) electrons. The molecular weight excluding hydrogens is 448 g/mol. The van der Waals surface area contributed by atoms with Crippen LogP contribution in [0.15, 0.2) is 52.3 Å². The average Bonchev–Trinajstić information content (AvgIpc) is 3.31. The minimum absolute atomic E-state index is 0.00396. The first-order chi connectivity index (χ1) is 16.0. The Labute approximate surface area is 201 Å². The number of hydrogen-bond acceptors (Lipinski definition) is 5. The normalized spacial score (nSPS) is 20.1. The lowest BCUT2D eigenvalue weighted by Crippen LogP contribution is -2.33. The Bertz CT molecular complexity index is 1380. The molecule has 2 aliphatic heterocycles. The maximum Gasteiger partial charge on any atom is 0.340 e. The van der Waals surface area contributed by atoms with Crippen LogP contribution in [0.1, 0.15) is 81.2 Å². The summed E-state index contributed by atoms with van der Waals surface area (Å²) in [5.74, 6) is -0.601. The van der Waals surface area contributed by atoms with Crippen LogP contribution in [-0.4, -0.2) is 30.6 Å². The van der Waals surface area contributed by atoms with Gasteiger partial charge in [-0.25, -0.2) is 13.2 Å². The molecule has 0 saturated carbocycles. The van der Waals surface area contributed by atoms with Gasteiger partial charge in [0.15, 0.2) is 0 Å². The van der Waals surface area contributed by atoms with Gasteiger partial charge in [-0.05, 0) is 77.3 Å². The second kappa shape index (κ2) is 7.95. The van der Waals surface area contributed by atoms with Crippen LogP contribution >= 0.6 is 0 Å². The van der Waals surface area contributed by atoms with Crippen molar-refractivity contribution in [1.29, 1.82) is 0 Å². The molecule has 0 aliphatic carbocycles. The number of fused-ring (bicyclic) bond motifs is 6. The molecule has 2 aromatic carbocycles. The lowest BCUT2D eigenvalue weighted by Gasteiger charge is -2.25. The first kappa shape index (κ1) is 23.1. The minimum Gasteiger partial charge on any atom is -0.456 e. The van der Waals surface area contributed by atoms with E-state index in [1.807, 2.05) is 6.07 Å². The van der Waals surface area contributed by atoms with Gasteiger partial charge in [-0.15, -0.1) is 0 Å². The highest BCUT2D eigenvalue weighted by Crippen LogP contribution is 2.46. The number of carbonyl (C=O) groups is 1. The molecule has 5 rings (SSSR count). The van der Waals surface area contributed by atoms with Gasteiger partial charge in [0, 0.05) is 41.1 Å². The molecule has 2 atom stereocenters. The van der Waals surface area contributed by atoms with Crippen LogP contribution < -0.4 is 5.32 Å². The van der Waals surface area contributed by atoms with Crippen LogP contribution in [0.5, 0.6) is 0 Å². The van der Waals surface area contributed by atoms with Gasteiger partial charge in [0.25, 0.3) is 0 Å². The van der Waals surface area contributed by atoms with E-state index in [4.69, 9.17) is 4.74 Å². The number of ether oxygens (including phenoxy) is 1. The van der Waals surface area contributed by atoms with E-state index in [-0.39, 0.29) is 27.4 Å². The van der Waals surface area contributed by atoms with Crippen molar-refractivity contribution in [2.75, 3.05) is 0 Å². The molecule has 2 aliphatic rings. The van der Waals surface area contributed by atoms with Gasteiger partial charge in [-0.2, -0.15) is 0 Å². The van der Waals surface area contributed by atoms with Gasteiger partial charge in [0.2, 0.25) is 9.84 Å². The van der Waals surface area contributed by atoms with E-state index in [0.717, 1.165) is 30.3 Å². The Kier molecular flexibility index (Phi) is 5.41. The number of carbonyl (C=O) groups excluding carboxylic acids is 1. The van der Waals surface area contributed by atoms with Crippen LogP contribution in [0.3, 0.4) is 0 Å². The number of sulfone groups is 1. The standard InChI is InChI=1S/C27H32N2O4S/c1-16(2)29-20-13-14-22(34(31,32)18-9-7-6-8-10-18)25(26(30)33-27(3,4)5)24(20)23-19-12-11-17(28-19)15-21(23)29/h6-10,13-14,16-17,19,28H,11-12,15H2,1-5H3. The van der Waals surface area contributed by atoms with Crippen LogP contribution in [0.4, 0.5) is 0 Å². The molecule has 180 valence electrons. The van der Waals surface area contributed by atoms with E-state index in [1.165, 1.54) is 5.69 Å². The summed E-state index contributed by atoms with van der Waals surface area (Å²) in [5, 5.41) is 4.40. The zero-order chi connectivity index (χ0) is 24.4. The second-order valence-corrected chi connectivity index (χ2v) is 12.6. The third kappa shape index (κ3) is 3.66. The molecule has 34 heavy (non-hydrogen) atoms. The third-order valence-electron chi connectivity index (χ3n) is 6.77. The van der Waals surface area contributed by atoms with Crippen LogP contribution in [0.2, 0.25) is 0 Å². The first-order valence-electron chi connectivity index (χ1n) is 12.0. The Balaban J connectivity index is 1.88. The van der Waals surface area contributed by atoms with Crippen LogP contribution in [-0.2, 0) is 21.0 Å². The fourth-order valence-corrected chi connectivity index (χ4v) is 7.03. The summed E-state index contributed by atoms with van der Waals surface area (Å²) in [7, 11) is -3.94. The predicted molar refractivity (Wildman–Crippen MR) is 132 cm³/mol. The maximum atomic E-state index is 13.8. The summed E-state index contributed by atoms with van der Waals surface area (Å²) in [6.45, 7) is 9.66. The maximum absolute atomic E-state index is 13.8. The quantitative estimate of drug-likeness (QED) is 0.509. The monoisotopic (exact) mass is 480 g/mol. The van der Waals surface area contributed by atoms with E-state index in [9.17, 15) is 13.2 Å². The summed E-state index contributed by atoms with van der Waals surface area (Å²) in [5.41, 5.74) is 2.55. The molecule has 1 aromatic heterocycles. The fraction of sp³-hybridized carbons (Fsp3) is 0.444. The summed E-state index contributed by atoms with van der Waals surface area (Å²) < 4.78 is 35.7. The van der Waals surface area contributed by atoms with E-state index < -0.39 is 21.4 Å². The molecule has 1 fully saturated rings. The molecule has 1 N–H and O–H groups in total. The molecular formula is C27H32N2O4S. The number of rotatable bonds is 4. The summed E-state index contributed by atoms with van der Waals surface area (Å²) in [6, 6.07) is 12.4. The molecule has 7 heteroatoms. The molecule has 2 unspecified atom stereocenters. The van der Waals surface area contributed by atoms with Crippen molar-refractivity contribution < 1.29 is 17.9 Å². The van der Waals surface area contributed by atoms with Crippen LogP contribution in [0, 0.1) is 0 Å². The number of nitrogens with one attached hydrogen (secondary N) is 1. The number of hydrogen-bond donors (Lipinski definition) is 1. The van der Waals surface area contributed by atoms with Crippen molar-refractivity contribution in [3.63, 3.8) is 0 Å². The van der Waals surface area contributed by atoms with E-state index in [2.05, 4.69) is 23.7 Å². The van der Waals surface area contributed by atoms with E-state index in [0.29, 0.717) is 11.4 Å². The van der Waals surface area contributed by atoms with Crippen LogP contribution in [0.25, 0.3) is 10.9 Å². The van der Waals surface area contributed by atoms with Gasteiger partial charge in [0.1, 0.15) is 5.60 Å². The van der Waals surface area contributed by atoms with Gasteiger partial charge in [0.05, 0.1) is 15.4 Å². The van der Waals surface area contributed by atoms with Gasteiger partial charge in [-0.1, -0.05) is 18.2 Å². The molecule has 6 nitrogen and oxygen atoms in total. The third-order valence-corrected chi connectivity index (χ3v) is 8.58. The minimum atomic E-state index is -3.94. The summed E-state index contributed by atoms with van der Waals surface area (Å²) in [6.07, 6.45) is 2.91. The lowest BCUT2D eigenvalue weighted by molar-refractivity contribution is 0.00675. The van der Waals surface area contributed by atoms with Gasteiger partial charge >= 0.3 is 5.97 Å². The van der Waals surface area contributed by atoms with Crippen molar-refractivity contribution >= 4 is 26.7 Å². The Morgan fingerprint density at radius 1 is 1.09 bits per heavy atom. The molecule has 3 aromatic rings. The predicted octanol–water partition coefficient (Wildman–Crippen LogP) is 5.36. The summed E-state index contributed by atoms with van der Waals surface area (Å²) in [4.78, 5) is 13.9. The SMILES string of the molecule is CC(C)n1c2c(c3c(C(=O)OC(C)(C)C)c(S(=O)(=O)c4ccccc4)ccc31)C1CCC(C2)N1. The van der Waals surface area contributed by atoms with E-state index >= 15 is 0 Å². The lowest BCUT2D eigenvalue weighted by atomic mass is 9.96. The molecule has 3 heterocycles. The van der Waals surface area contributed by atoms with Crippen molar-refractivity contribution in [3.8, 4) is 0 Å². The Hall–Kier alpha value is -2.64. The van der Waals surface area contributed by atoms with E-state index in [1.54, 1.807) is 57.2 Å². The smallest absolute Gasteiger partial charge is 0.340 e. The van der Waals surface area contributed by atoms with Crippen molar-refractivity contribution in [2.24, 2.45) is 0 Å². The first-order valence-corrected chi connectivity index (χ1v) is 13.5. The average molecular weight is 481 g/mol. The highest BCUT2D eigenvalue weighted by atomic mass is 32.2. The van der Waals surface area contributed by atoms with Crippen molar-refractivity contribution in [1.82, 2.24) is 9.88 Å². The number of esters is 1. The number of nitrogens with zero attached hydrogens (tertiary/aromatic N) is 1. The highest BCUT2D eigenvalue weighted by molar-refractivity contribution is 7.91. The molecule has 0 spiro atoms. The van der Waals surface area contributed by atoms with Crippen molar-refractivity contribution in [2.45, 2.75) is 87.4 Å². The molecule has 2 bridgehead atoms. The Morgan fingerprint density at radius 2 is 1.79 bits per heavy atom. The summed E-state index contributed by atoms with van der Waals surface area (Å²) >= 11 is 0. The largest absolute Gasteiger partial charge is 0.456 e. The molecule has 0 amide bonds. The second-order valence-electron chi connectivity index (χ2n) is 10.7. The number of aromatic nitrogens is 1. The topological polar surface area (TPSA) is 77.4 Å². The fourth-order valence-electron chi connectivity index (χ4n) is 5.56. The number of benzene rings is 2. The highest BCUT2D eigenvalue weighted by Gasteiger charge is 2.40. The zero-order valence-electron chi connectivity index (χ0n) is 20.4. The van der Waals surface area contributed by atoms with Gasteiger partial charge in [-0.3, -0.25) is 0 Å². The van der Waals surface area contributed by atoms with Crippen molar-refractivity contribution in [3.05, 3.63) is 59.3 Å². The van der Waals surface area contributed by atoms with Gasteiger partial charge < -0.3 is 14.6 Å². The zero-order valence-corrected chi connectivity index (χ0v) is 21.2. The molecule has 1 saturated heterocycles. The Morgan fingerprint density at radius 3 is 2.44 bits per heavy atom.